The molecule has 0 aliphatic carbocycles. The van der Waals surface area contributed by atoms with Crippen LogP contribution in [0.15, 0.2) is 59.3 Å². The van der Waals surface area contributed by atoms with Crippen molar-refractivity contribution in [1.82, 2.24) is 4.98 Å². The average molecular weight is 327 g/mol. The third kappa shape index (κ3) is 3.43. The molecule has 1 N–H and O–H groups in total. The third-order valence-corrected chi connectivity index (χ3v) is 3.72. The molecule has 0 fully saturated rings. The molecule has 116 valence electrons. The molecule has 0 atom stereocenters. The molecule has 0 bridgehead atoms. The molecule has 23 heavy (non-hydrogen) atoms. The van der Waals surface area contributed by atoms with E-state index in [9.17, 15) is 4.79 Å². The number of carbonyl (C=O) groups excluding carboxylic acids is 1. The molecule has 0 saturated heterocycles. The Kier molecular flexibility index (Phi) is 4.44. The Balaban J connectivity index is 1.84. The zero-order valence-electron chi connectivity index (χ0n) is 12.5. The highest BCUT2D eigenvalue weighted by Gasteiger charge is 2.18. The molecule has 0 aliphatic heterocycles. The summed E-state index contributed by atoms with van der Waals surface area (Å²) in [7, 11) is 0. The largest absolute Gasteiger partial charge is 0.443 e. The molecule has 3 aromatic rings. The summed E-state index contributed by atoms with van der Waals surface area (Å²) >= 11 is 5.99. The Morgan fingerprint density at radius 1 is 1.22 bits per heavy atom. The van der Waals surface area contributed by atoms with Crippen LogP contribution in [0.2, 0.25) is 5.02 Å². The second-order valence-electron chi connectivity index (χ2n) is 5.05. The predicted molar refractivity (Wildman–Crippen MR) is 90.7 cm³/mol. The maximum absolute atomic E-state index is 12.4. The molecule has 0 aliphatic rings. The van der Waals surface area contributed by atoms with E-state index in [4.69, 9.17) is 16.0 Å². The second kappa shape index (κ2) is 6.67. The number of hydrogen-bond acceptors (Lipinski definition) is 3. The van der Waals surface area contributed by atoms with Gasteiger partial charge in [-0.05, 0) is 36.2 Å². The number of benzene rings is 2. The summed E-state index contributed by atoms with van der Waals surface area (Å²) in [6, 6.07) is 14.8. The Hall–Kier alpha value is -2.59. The first-order valence-electron chi connectivity index (χ1n) is 7.27. The van der Waals surface area contributed by atoms with Gasteiger partial charge < -0.3 is 9.73 Å². The molecule has 4 nitrogen and oxygen atoms in total. The van der Waals surface area contributed by atoms with Crippen LogP contribution in [0.1, 0.15) is 23.0 Å². The van der Waals surface area contributed by atoms with E-state index in [1.54, 1.807) is 18.2 Å². The van der Waals surface area contributed by atoms with Crippen molar-refractivity contribution in [2.24, 2.45) is 0 Å². The van der Waals surface area contributed by atoms with Gasteiger partial charge in [-0.15, -0.1) is 0 Å². The highest BCUT2D eigenvalue weighted by atomic mass is 35.5. The number of aromatic nitrogens is 1. The lowest BCUT2D eigenvalue weighted by atomic mass is 10.1. The first-order chi connectivity index (χ1) is 11.2. The van der Waals surface area contributed by atoms with Gasteiger partial charge in [-0.1, -0.05) is 42.8 Å². The number of oxazole rings is 1. The van der Waals surface area contributed by atoms with Crippen molar-refractivity contribution in [3.05, 3.63) is 71.2 Å². The van der Waals surface area contributed by atoms with Crippen LogP contribution in [-0.2, 0) is 6.42 Å². The SMILES string of the molecule is CCc1ccc(NC(=O)c2ncoc2-c2cccc(Cl)c2)cc1. The number of rotatable bonds is 4. The Morgan fingerprint density at radius 2 is 2.00 bits per heavy atom. The molecule has 1 aromatic heterocycles. The average Bonchev–Trinajstić information content (AvgIpc) is 3.05. The van der Waals surface area contributed by atoms with E-state index in [0.29, 0.717) is 22.0 Å². The van der Waals surface area contributed by atoms with Crippen molar-refractivity contribution in [2.75, 3.05) is 5.32 Å². The number of anilines is 1. The minimum Gasteiger partial charge on any atom is -0.443 e. The van der Waals surface area contributed by atoms with Gasteiger partial charge >= 0.3 is 0 Å². The van der Waals surface area contributed by atoms with E-state index in [1.807, 2.05) is 30.3 Å². The molecule has 3 rings (SSSR count). The molecule has 1 amide bonds. The topological polar surface area (TPSA) is 55.1 Å². The van der Waals surface area contributed by atoms with E-state index in [-0.39, 0.29) is 11.6 Å². The maximum atomic E-state index is 12.4. The number of amides is 1. The first-order valence-corrected chi connectivity index (χ1v) is 7.65. The molecular formula is C18H15ClN2O2. The Labute approximate surface area is 139 Å². The number of aryl methyl sites for hydroxylation is 1. The molecule has 0 unspecified atom stereocenters. The van der Waals surface area contributed by atoms with Gasteiger partial charge in [-0.2, -0.15) is 0 Å². The smallest absolute Gasteiger partial charge is 0.278 e. The highest BCUT2D eigenvalue weighted by Crippen LogP contribution is 2.26. The van der Waals surface area contributed by atoms with E-state index < -0.39 is 0 Å². The zero-order chi connectivity index (χ0) is 16.2. The Morgan fingerprint density at radius 3 is 2.70 bits per heavy atom. The molecule has 0 radical (unpaired) electrons. The van der Waals surface area contributed by atoms with Gasteiger partial charge in [0.05, 0.1) is 0 Å². The van der Waals surface area contributed by atoms with Crippen LogP contribution in [0.5, 0.6) is 0 Å². The van der Waals surface area contributed by atoms with Crippen LogP contribution in [0.25, 0.3) is 11.3 Å². The van der Waals surface area contributed by atoms with Gasteiger partial charge in [0, 0.05) is 16.3 Å². The molecule has 5 heteroatoms. The summed E-state index contributed by atoms with van der Waals surface area (Å²) in [5, 5.41) is 3.40. The highest BCUT2D eigenvalue weighted by molar-refractivity contribution is 6.30. The van der Waals surface area contributed by atoms with Crippen LogP contribution < -0.4 is 5.32 Å². The number of hydrogen-bond donors (Lipinski definition) is 1. The molecule has 0 spiro atoms. The minimum atomic E-state index is -0.321. The van der Waals surface area contributed by atoms with Gasteiger partial charge in [0.15, 0.2) is 17.8 Å². The summed E-state index contributed by atoms with van der Waals surface area (Å²) in [6.07, 6.45) is 2.21. The summed E-state index contributed by atoms with van der Waals surface area (Å²) in [4.78, 5) is 16.5. The van der Waals surface area contributed by atoms with Gasteiger partial charge in [0.25, 0.3) is 5.91 Å². The van der Waals surface area contributed by atoms with Crippen LogP contribution in [0.3, 0.4) is 0 Å². The van der Waals surface area contributed by atoms with Crippen molar-refractivity contribution in [1.29, 1.82) is 0 Å². The van der Waals surface area contributed by atoms with Crippen molar-refractivity contribution >= 4 is 23.2 Å². The third-order valence-electron chi connectivity index (χ3n) is 3.49. The standard InChI is InChI=1S/C18H15ClN2O2/c1-2-12-6-8-15(9-7-12)21-18(22)16-17(23-11-20-16)13-4-3-5-14(19)10-13/h3-11H,2H2,1H3,(H,21,22). The minimum absolute atomic E-state index is 0.229. The normalized spacial score (nSPS) is 10.5. The lowest BCUT2D eigenvalue weighted by Crippen LogP contribution is -2.13. The summed E-state index contributed by atoms with van der Waals surface area (Å²) < 4.78 is 5.37. The van der Waals surface area contributed by atoms with Crippen molar-refractivity contribution in [2.45, 2.75) is 13.3 Å². The van der Waals surface area contributed by atoms with Gasteiger partial charge in [0.1, 0.15) is 0 Å². The fraction of sp³-hybridized carbons (Fsp3) is 0.111. The maximum Gasteiger partial charge on any atom is 0.278 e. The van der Waals surface area contributed by atoms with Crippen molar-refractivity contribution in [3.63, 3.8) is 0 Å². The molecular weight excluding hydrogens is 312 g/mol. The van der Waals surface area contributed by atoms with Gasteiger partial charge in [-0.3, -0.25) is 4.79 Å². The van der Waals surface area contributed by atoms with Gasteiger partial charge in [-0.25, -0.2) is 4.98 Å². The fourth-order valence-electron chi connectivity index (χ4n) is 2.26. The predicted octanol–water partition coefficient (Wildman–Crippen LogP) is 4.81. The monoisotopic (exact) mass is 326 g/mol. The van der Waals surface area contributed by atoms with E-state index in [0.717, 1.165) is 6.42 Å². The molecule has 0 saturated carbocycles. The van der Waals surface area contributed by atoms with Crippen LogP contribution in [-0.4, -0.2) is 10.9 Å². The number of halogens is 1. The lowest BCUT2D eigenvalue weighted by Gasteiger charge is -2.06. The summed E-state index contributed by atoms with van der Waals surface area (Å²) in [5.74, 6) is 0.0770. The van der Waals surface area contributed by atoms with Crippen LogP contribution in [0.4, 0.5) is 5.69 Å². The van der Waals surface area contributed by atoms with E-state index in [2.05, 4.69) is 17.2 Å². The van der Waals surface area contributed by atoms with E-state index >= 15 is 0 Å². The molecule has 1 heterocycles. The lowest BCUT2D eigenvalue weighted by molar-refractivity contribution is 0.102. The van der Waals surface area contributed by atoms with E-state index in [1.165, 1.54) is 12.0 Å². The Bertz CT molecular complexity index is 825. The number of nitrogens with zero attached hydrogens (tertiary/aromatic N) is 1. The number of nitrogens with one attached hydrogen (secondary N) is 1. The second-order valence-corrected chi connectivity index (χ2v) is 5.48. The van der Waals surface area contributed by atoms with Gasteiger partial charge in [0.2, 0.25) is 0 Å². The summed E-state index contributed by atoms with van der Waals surface area (Å²) in [5.41, 5.74) is 2.87. The molecule has 2 aromatic carbocycles. The van der Waals surface area contributed by atoms with Crippen LogP contribution >= 0.6 is 11.6 Å². The zero-order valence-corrected chi connectivity index (χ0v) is 13.3. The van der Waals surface area contributed by atoms with Crippen molar-refractivity contribution < 1.29 is 9.21 Å². The quantitative estimate of drug-likeness (QED) is 0.748. The van der Waals surface area contributed by atoms with Crippen LogP contribution in [0, 0.1) is 0 Å². The fourth-order valence-corrected chi connectivity index (χ4v) is 2.45. The number of carbonyl (C=O) groups is 1. The summed E-state index contributed by atoms with van der Waals surface area (Å²) in [6.45, 7) is 2.08. The van der Waals surface area contributed by atoms with Crippen molar-refractivity contribution in [3.8, 4) is 11.3 Å². The first kappa shape index (κ1) is 15.3.